The van der Waals surface area contributed by atoms with Crippen LogP contribution in [0.4, 0.5) is 4.39 Å². The number of aryl methyl sites for hydroxylation is 1. The van der Waals surface area contributed by atoms with E-state index >= 15 is 0 Å². The molecule has 0 aromatic heterocycles. The fourth-order valence-corrected chi connectivity index (χ4v) is 1.75. The second-order valence-electron chi connectivity index (χ2n) is 3.83. The summed E-state index contributed by atoms with van der Waals surface area (Å²) in [5, 5.41) is 0. The molecule has 1 aliphatic carbocycles. The predicted octanol–water partition coefficient (Wildman–Crippen LogP) is 3.22. The normalized spacial score (nSPS) is 15.6. The molecule has 1 aliphatic rings. The van der Waals surface area contributed by atoms with Gasteiger partial charge in [0.15, 0.2) is 0 Å². The summed E-state index contributed by atoms with van der Waals surface area (Å²) in [6, 6.07) is 6.06. The molecule has 1 fully saturated rings. The average molecular weight is 194 g/mol. The van der Waals surface area contributed by atoms with Crippen molar-refractivity contribution in [1.29, 1.82) is 0 Å². The minimum atomic E-state index is -0.427. The maximum atomic E-state index is 11.9. The van der Waals surface area contributed by atoms with Crippen LogP contribution in [0.1, 0.15) is 29.9 Å². The zero-order valence-corrected chi connectivity index (χ0v) is 8.42. The quantitative estimate of drug-likeness (QED) is 0.715. The standard InChI is InChI=1S/C12H15FO/c1-9-8-11(14-7-6-13)4-5-12(9)10-2-3-10/h4-5,8,10H,2-3,6-7H2,1H3. The Bertz CT molecular complexity index is 318. The summed E-state index contributed by atoms with van der Waals surface area (Å²) in [5.41, 5.74) is 2.70. The number of alkyl halides is 1. The molecule has 1 saturated carbocycles. The molecule has 0 amide bonds. The zero-order valence-electron chi connectivity index (χ0n) is 8.42. The van der Waals surface area contributed by atoms with Crippen molar-refractivity contribution >= 4 is 0 Å². The number of hydrogen-bond donors (Lipinski definition) is 0. The largest absolute Gasteiger partial charge is 0.491 e. The maximum absolute atomic E-state index is 11.9. The van der Waals surface area contributed by atoms with Crippen molar-refractivity contribution in [2.24, 2.45) is 0 Å². The van der Waals surface area contributed by atoms with E-state index in [4.69, 9.17) is 4.74 Å². The molecule has 0 N–H and O–H groups in total. The van der Waals surface area contributed by atoms with E-state index in [1.807, 2.05) is 12.1 Å². The fraction of sp³-hybridized carbons (Fsp3) is 0.500. The molecule has 1 aromatic carbocycles. The van der Waals surface area contributed by atoms with Gasteiger partial charge in [-0.05, 0) is 48.9 Å². The van der Waals surface area contributed by atoms with Gasteiger partial charge >= 0.3 is 0 Å². The Hall–Kier alpha value is -1.05. The molecule has 14 heavy (non-hydrogen) atoms. The van der Waals surface area contributed by atoms with Crippen molar-refractivity contribution in [1.82, 2.24) is 0 Å². The SMILES string of the molecule is Cc1cc(OCCF)ccc1C1CC1. The van der Waals surface area contributed by atoms with Crippen LogP contribution >= 0.6 is 0 Å². The van der Waals surface area contributed by atoms with Gasteiger partial charge in [0, 0.05) is 0 Å². The topological polar surface area (TPSA) is 9.23 Å². The minimum Gasteiger partial charge on any atom is -0.491 e. The van der Waals surface area contributed by atoms with E-state index in [2.05, 4.69) is 13.0 Å². The highest BCUT2D eigenvalue weighted by Crippen LogP contribution is 2.42. The monoisotopic (exact) mass is 194 g/mol. The Labute approximate surface area is 83.9 Å². The average Bonchev–Trinajstić information content (AvgIpc) is 2.98. The van der Waals surface area contributed by atoms with Crippen LogP contribution in [0.5, 0.6) is 5.75 Å². The van der Waals surface area contributed by atoms with Gasteiger partial charge in [0.25, 0.3) is 0 Å². The lowest BCUT2D eigenvalue weighted by atomic mass is 10.0. The van der Waals surface area contributed by atoms with E-state index in [9.17, 15) is 4.39 Å². The van der Waals surface area contributed by atoms with E-state index in [-0.39, 0.29) is 6.61 Å². The molecule has 76 valence electrons. The first-order valence-corrected chi connectivity index (χ1v) is 5.10. The summed E-state index contributed by atoms with van der Waals surface area (Å²) in [4.78, 5) is 0. The molecule has 0 atom stereocenters. The van der Waals surface area contributed by atoms with Gasteiger partial charge in [-0.25, -0.2) is 4.39 Å². The predicted molar refractivity (Wildman–Crippen MR) is 54.6 cm³/mol. The van der Waals surface area contributed by atoms with E-state index in [1.54, 1.807) is 0 Å². The molecule has 0 aliphatic heterocycles. The molecule has 0 spiro atoms. The number of ether oxygens (including phenoxy) is 1. The first-order chi connectivity index (χ1) is 6.81. The molecule has 0 bridgehead atoms. The lowest BCUT2D eigenvalue weighted by Crippen LogP contribution is -1.99. The Balaban J connectivity index is 2.09. The van der Waals surface area contributed by atoms with Crippen LogP contribution in [0.3, 0.4) is 0 Å². The van der Waals surface area contributed by atoms with Gasteiger partial charge in [0.1, 0.15) is 19.0 Å². The molecule has 1 aromatic rings. The van der Waals surface area contributed by atoms with Crippen molar-refractivity contribution in [3.05, 3.63) is 29.3 Å². The summed E-state index contributed by atoms with van der Waals surface area (Å²) in [6.07, 6.45) is 2.62. The van der Waals surface area contributed by atoms with Gasteiger partial charge in [-0.3, -0.25) is 0 Å². The molecule has 1 nitrogen and oxygen atoms in total. The van der Waals surface area contributed by atoms with Crippen LogP contribution < -0.4 is 4.74 Å². The highest BCUT2D eigenvalue weighted by Gasteiger charge is 2.24. The van der Waals surface area contributed by atoms with Crippen LogP contribution in [-0.2, 0) is 0 Å². The molecule has 0 unspecified atom stereocenters. The number of rotatable bonds is 4. The number of benzene rings is 1. The highest BCUT2D eigenvalue weighted by molar-refractivity contribution is 5.38. The summed E-state index contributed by atoms with van der Waals surface area (Å²) >= 11 is 0. The Morgan fingerprint density at radius 1 is 1.43 bits per heavy atom. The highest BCUT2D eigenvalue weighted by atomic mass is 19.1. The summed E-state index contributed by atoms with van der Waals surface area (Å²) in [7, 11) is 0. The van der Waals surface area contributed by atoms with Gasteiger partial charge < -0.3 is 4.74 Å². The molecule has 0 heterocycles. The van der Waals surface area contributed by atoms with Crippen molar-refractivity contribution < 1.29 is 9.13 Å². The molecule has 0 saturated heterocycles. The van der Waals surface area contributed by atoms with Crippen LogP contribution in [0.25, 0.3) is 0 Å². The zero-order chi connectivity index (χ0) is 9.97. The molecular weight excluding hydrogens is 179 g/mol. The van der Waals surface area contributed by atoms with Crippen molar-refractivity contribution in [2.45, 2.75) is 25.7 Å². The molecule has 0 radical (unpaired) electrons. The van der Waals surface area contributed by atoms with Gasteiger partial charge in [0.2, 0.25) is 0 Å². The molecule has 2 rings (SSSR count). The van der Waals surface area contributed by atoms with Gasteiger partial charge in [-0.15, -0.1) is 0 Å². The van der Waals surface area contributed by atoms with Crippen LogP contribution in [-0.4, -0.2) is 13.3 Å². The Kier molecular flexibility index (Phi) is 2.71. The molecular formula is C12H15FO. The first kappa shape index (κ1) is 9.50. The lowest BCUT2D eigenvalue weighted by Gasteiger charge is -2.08. The third-order valence-electron chi connectivity index (χ3n) is 2.60. The van der Waals surface area contributed by atoms with Crippen LogP contribution in [0.15, 0.2) is 18.2 Å². The first-order valence-electron chi connectivity index (χ1n) is 5.10. The number of hydrogen-bond acceptors (Lipinski definition) is 1. The second kappa shape index (κ2) is 3.99. The fourth-order valence-electron chi connectivity index (χ4n) is 1.75. The van der Waals surface area contributed by atoms with Gasteiger partial charge in [-0.2, -0.15) is 0 Å². The van der Waals surface area contributed by atoms with Crippen molar-refractivity contribution in [3.63, 3.8) is 0 Å². The van der Waals surface area contributed by atoms with E-state index in [0.717, 1.165) is 11.7 Å². The van der Waals surface area contributed by atoms with E-state index in [1.165, 1.54) is 24.0 Å². The lowest BCUT2D eigenvalue weighted by molar-refractivity contribution is 0.273. The van der Waals surface area contributed by atoms with Crippen molar-refractivity contribution in [3.8, 4) is 5.75 Å². The third-order valence-corrected chi connectivity index (χ3v) is 2.60. The minimum absolute atomic E-state index is 0.155. The summed E-state index contributed by atoms with van der Waals surface area (Å²) in [5.74, 6) is 1.55. The van der Waals surface area contributed by atoms with Gasteiger partial charge in [-0.1, -0.05) is 6.07 Å². The summed E-state index contributed by atoms with van der Waals surface area (Å²) in [6.45, 7) is 1.82. The Morgan fingerprint density at radius 3 is 2.79 bits per heavy atom. The van der Waals surface area contributed by atoms with Crippen LogP contribution in [0.2, 0.25) is 0 Å². The Morgan fingerprint density at radius 2 is 2.21 bits per heavy atom. The van der Waals surface area contributed by atoms with E-state index < -0.39 is 6.67 Å². The summed E-state index contributed by atoms with van der Waals surface area (Å²) < 4.78 is 17.1. The maximum Gasteiger partial charge on any atom is 0.123 e. The van der Waals surface area contributed by atoms with Gasteiger partial charge in [0.05, 0.1) is 0 Å². The molecule has 2 heteroatoms. The van der Waals surface area contributed by atoms with E-state index in [0.29, 0.717) is 0 Å². The number of halogens is 1. The smallest absolute Gasteiger partial charge is 0.123 e. The third kappa shape index (κ3) is 2.06. The second-order valence-corrected chi connectivity index (χ2v) is 3.83. The van der Waals surface area contributed by atoms with Crippen LogP contribution in [0, 0.1) is 6.92 Å². The van der Waals surface area contributed by atoms with Crippen molar-refractivity contribution in [2.75, 3.05) is 13.3 Å².